The number of thiazole rings is 1. The summed E-state index contributed by atoms with van der Waals surface area (Å²) in [6.07, 6.45) is 8.01. The molecule has 0 spiro atoms. The smallest absolute Gasteiger partial charge is 0.186 e. The molecule has 0 aliphatic carbocycles. The zero-order valence-electron chi connectivity index (χ0n) is 9.58. The number of nitrogens with zero attached hydrogens (tertiary/aromatic N) is 2. The minimum Gasteiger partial charge on any atom is -0.348 e. The quantitative estimate of drug-likeness (QED) is 0.767. The van der Waals surface area contributed by atoms with Gasteiger partial charge in [0, 0.05) is 19.0 Å². The van der Waals surface area contributed by atoms with Gasteiger partial charge in [0.2, 0.25) is 0 Å². The Labute approximate surface area is 106 Å². The summed E-state index contributed by atoms with van der Waals surface area (Å²) in [6, 6.07) is 0. The second-order valence-corrected chi connectivity index (χ2v) is 5.37. The number of halogens is 1. The maximum Gasteiger partial charge on any atom is 0.186 e. The lowest BCUT2D eigenvalue weighted by Gasteiger charge is -2.25. The van der Waals surface area contributed by atoms with E-state index in [-0.39, 0.29) is 0 Å². The van der Waals surface area contributed by atoms with Crippen LogP contribution in [0, 0.1) is 6.92 Å². The molecule has 1 aromatic heterocycles. The number of aromatic nitrogens is 1. The highest BCUT2D eigenvalue weighted by molar-refractivity contribution is 7.16. The van der Waals surface area contributed by atoms with Gasteiger partial charge in [-0.15, -0.1) is 11.6 Å². The summed E-state index contributed by atoms with van der Waals surface area (Å²) < 4.78 is 0. The highest BCUT2D eigenvalue weighted by Gasteiger charge is 2.15. The molecule has 1 fully saturated rings. The molecule has 2 nitrogen and oxygen atoms in total. The molecule has 0 bridgehead atoms. The van der Waals surface area contributed by atoms with Crippen LogP contribution in [0.3, 0.4) is 0 Å². The van der Waals surface area contributed by atoms with E-state index < -0.39 is 0 Å². The third-order valence-corrected chi connectivity index (χ3v) is 4.17. The maximum absolute atomic E-state index is 5.65. The van der Waals surface area contributed by atoms with Crippen molar-refractivity contribution in [1.82, 2.24) is 4.98 Å². The number of anilines is 1. The van der Waals surface area contributed by atoms with Crippen LogP contribution in [0.25, 0.3) is 6.08 Å². The van der Waals surface area contributed by atoms with Gasteiger partial charge in [-0.3, -0.25) is 0 Å². The van der Waals surface area contributed by atoms with Gasteiger partial charge in [0.15, 0.2) is 5.13 Å². The Kier molecular flexibility index (Phi) is 4.24. The molecule has 0 amide bonds. The van der Waals surface area contributed by atoms with Crippen LogP contribution < -0.4 is 4.90 Å². The third-order valence-electron chi connectivity index (χ3n) is 2.81. The molecule has 0 N–H and O–H groups in total. The van der Waals surface area contributed by atoms with Crippen molar-refractivity contribution in [1.29, 1.82) is 0 Å². The first-order valence-electron chi connectivity index (χ1n) is 5.76. The van der Waals surface area contributed by atoms with Crippen LogP contribution in [-0.2, 0) is 0 Å². The van der Waals surface area contributed by atoms with E-state index in [9.17, 15) is 0 Å². The number of aryl methyl sites for hydroxylation is 1. The number of piperidine rings is 1. The van der Waals surface area contributed by atoms with Crippen LogP contribution in [0.1, 0.15) is 29.8 Å². The third kappa shape index (κ3) is 2.77. The van der Waals surface area contributed by atoms with Gasteiger partial charge in [0.05, 0.1) is 10.6 Å². The van der Waals surface area contributed by atoms with E-state index in [2.05, 4.69) is 22.9 Å². The highest BCUT2D eigenvalue weighted by Crippen LogP contribution is 2.29. The standard InChI is InChI=1S/C12H17ClN2S/c1-10-11(6-5-7-13)16-12(14-10)15-8-3-2-4-9-15/h5-6H,2-4,7-9H2,1H3. The van der Waals surface area contributed by atoms with E-state index >= 15 is 0 Å². The van der Waals surface area contributed by atoms with Crippen molar-refractivity contribution in [3.05, 3.63) is 16.6 Å². The average Bonchev–Trinajstić information content (AvgIpc) is 2.69. The number of hydrogen-bond donors (Lipinski definition) is 0. The lowest BCUT2D eigenvalue weighted by Crippen LogP contribution is -2.29. The van der Waals surface area contributed by atoms with Gasteiger partial charge in [0.25, 0.3) is 0 Å². The van der Waals surface area contributed by atoms with Crippen LogP contribution >= 0.6 is 22.9 Å². The molecule has 0 unspecified atom stereocenters. The van der Waals surface area contributed by atoms with E-state index in [0.717, 1.165) is 18.8 Å². The lowest BCUT2D eigenvalue weighted by molar-refractivity contribution is 0.576. The first kappa shape index (κ1) is 11.9. The van der Waals surface area contributed by atoms with E-state index in [4.69, 9.17) is 11.6 Å². The Balaban J connectivity index is 2.12. The van der Waals surface area contributed by atoms with E-state index in [1.807, 2.05) is 6.08 Å². The molecule has 4 heteroatoms. The van der Waals surface area contributed by atoms with Gasteiger partial charge in [-0.25, -0.2) is 4.98 Å². The Morgan fingerprint density at radius 1 is 1.38 bits per heavy atom. The van der Waals surface area contributed by atoms with Crippen molar-refractivity contribution in [2.24, 2.45) is 0 Å². The molecule has 1 aliphatic heterocycles. The van der Waals surface area contributed by atoms with E-state index in [1.54, 1.807) is 11.3 Å². The van der Waals surface area contributed by atoms with Gasteiger partial charge in [-0.1, -0.05) is 17.4 Å². The van der Waals surface area contributed by atoms with Crippen molar-refractivity contribution in [3.63, 3.8) is 0 Å². The van der Waals surface area contributed by atoms with Gasteiger partial charge in [-0.2, -0.15) is 0 Å². The Morgan fingerprint density at radius 2 is 2.12 bits per heavy atom. The summed E-state index contributed by atoms with van der Waals surface area (Å²) in [5.74, 6) is 0.566. The molecular formula is C12H17ClN2S. The largest absolute Gasteiger partial charge is 0.348 e. The molecule has 0 saturated carbocycles. The minimum absolute atomic E-state index is 0.566. The highest BCUT2D eigenvalue weighted by atomic mass is 35.5. The van der Waals surface area contributed by atoms with Crippen molar-refractivity contribution < 1.29 is 0 Å². The SMILES string of the molecule is Cc1nc(N2CCCCC2)sc1C=CCCl. The number of rotatable bonds is 3. The topological polar surface area (TPSA) is 16.1 Å². The molecule has 0 radical (unpaired) electrons. The van der Waals surface area contributed by atoms with Crippen molar-refractivity contribution in [2.75, 3.05) is 23.9 Å². The Morgan fingerprint density at radius 3 is 2.81 bits per heavy atom. The first-order chi connectivity index (χ1) is 7.81. The lowest BCUT2D eigenvalue weighted by atomic mass is 10.1. The summed E-state index contributed by atoms with van der Waals surface area (Å²) in [6.45, 7) is 4.38. The average molecular weight is 257 g/mol. The van der Waals surface area contributed by atoms with Crippen LogP contribution in [0.15, 0.2) is 6.08 Å². The maximum atomic E-state index is 5.65. The van der Waals surface area contributed by atoms with Crippen LogP contribution in [0.2, 0.25) is 0 Å². The van der Waals surface area contributed by atoms with Gasteiger partial charge in [-0.05, 0) is 32.3 Å². The Bertz CT molecular complexity index is 367. The fraction of sp³-hybridized carbons (Fsp3) is 0.583. The van der Waals surface area contributed by atoms with Crippen molar-refractivity contribution >= 4 is 34.1 Å². The summed E-state index contributed by atoms with van der Waals surface area (Å²) in [5, 5.41) is 1.17. The van der Waals surface area contributed by atoms with Crippen molar-refractivity contribution in [3.8, 4) is 0 Å². The number of hydrogen-bond acceptors (Lipinski definition) is 3. The predicted octanol–water partition coefficient (Wildman–Crippen LogP) is 3.69. The van der Waals surface area contributed by atoms with Crippen LogP contribution in [0.4, 0.5) is 5.13 Å². The second kappa shape index (κ2) is 5.69. The second-order valence-electron chi connectivity index (χ2n) is 4.05. The van der Waals surface area contributed by atoms with E-state index in [0.29, 0.717) is 5.88 Å². The summed E-state index contributed by atoms with van der Waals surface area (Å²) in [4.78, 5) is 8.28. The fourth-order valence-electron chi connectivity index (χ4n) is 1.92. The minimum atomic E-state index is 0.566. The molecule has 1 aromatic rings. The van der Waals surface area contributed by atoms with Gasteiger partial charge < -0.3 is 4.90 Å². The predicted molar refractivity (Wildman–Crippen MR) is 72.7 cm³/mol. The summed E-state index contributed by atoms with van der Waals surface area (Å²) >= 11 is 7.42. The monoisotopic (exact) mass is 256 g/mol. The molecule has 1 saturated heterocycles. The molecular weight excluding hydrogens is 240 g/mol. The first-order valence-corrected chi connectivity index (χ1v) is 7.11. The molecule has 0 aromatic carbocycles. The fourth-order valence-corrected chi connectivity index (χ4v) is 3.06. The molecule has 0 atom stereocenters. The van der Waals surface area contributed by atoms with Crippen LogP contribution in [-0.4, -0.2) is 24.0 Å². The summed E-state index contributed by atoms with van der Waals surface area (Å²) in [5.41, 5.74) is 1.12. The summed E-state index contributed by atoms with van der Waals surface area (Å²) in [7, 11) is 0. The zero-order valence-corrected chi connectivity index (χ0v) is 11.2. The van der Waals surface area contributed by atoms with Crippen LogP contribution in [0.5, 0.6) is 0 Å². The Hall–Kier alpha value is -0.540. The van der Waals surface area contributed by atoms with Gasteiger partial charge >= 0.3 is 0 Å². The molecule has 1 aliphatic rings. The van der Waals surface area contributed by atoms with Crippen molar-refractivity contribution in [2.45, 2.75) is 26.2 Å². The molecule has 16 heavy (non-hydrogen) atoms. The van der Waals surface area contributed by atoms with Gasteiger partial charge in [0.1, 0.15) is 0 Å². The molecule has 2 heterocycles. The van der Waals surface area contributed by atoms with E-state index in [1.165, 1.54) is 29.3 Å². The molecule has 88 valence electrons. The number of alkyl halides is 1. The zero-order chi connectivity index (χ0) is 11.4. The molecule has 2 rings (SSSR count). The normalized spacial score (nSPS) is 17.2. The number of allylic oxidation sites excluding steroid dienone is 1.